The molecule has 1 aliphatic rings. The number of hydrogen-bond acceptors (Lipinski definition) is 0. The topological polar surface area (TPSA) is 0 Å². The highest BCUT2D eigenvalue weighted by Gasteiger charge is 1.75. The Morgan fingerprint density at radius 1 is 0.692 bits per heavy atom. The van der Waals surface area contributed by atoms with Gasteiger partial charge in [0.05, 0.1) is 0 Å². The highest BCUT2D eigenvalue weighted by molar-refractivity contribution is 5.12. The van der Waals surface area contributed by atoms with E-state index in [2.05, 4.69) is 42.5 Å². The fourth-order valence-electron chi connectivity index (χ4n) is 1.01. The lowest BCUT2D eigenvalue weighted by Gasteiger charge is -1.83. The molecule has 0 aromatic rings. The Hall–Kier alpha value is -1.30. The Kier molecular flexibility index (Phi) is 5.54. The molecule has 0 nitrogen and oxygen atoms in total. The summed E-state index contributed by atoms with van der Waals surface area (Å²) in [6.45, 7) is 0. The first-order valence-electron chi connectivity index (χ1n) is 4.70. The van der Waals surface area contributed by atoms with Crippen LogP contribution in [0.1, 0.15) is 19.3 Å². The Labute approximate surface area is 80.7 Å². The van der Waals surface area contributed by atoms with Gasteiger partial charge in [-0.3, -0.25) is 0 Å². The maximum absolute atomic E-state index is 3.16. The van der Waals surface area contributed by atoms with Gasteiger partial charge in [-0.05, 0) is 25.3 Å². The second-order valence-corrected chi connectivity index (χ2v) is 2.82. The minimum Gasteiger partial charge on any atom is -0.0842 e. The van der Waals surface area contributed by atoms with Gasteiger partial charge >= 0.3 is 0 Å². The molecule has 0 saturated carbocycles. The molecular formula is C13H15. The third kappa shape index (κ3) is 5.92. The van der Waals surface area contributed by atoms with E-state index in [9.17, 15) is 0 Å². The van der Waals surface area contributed by atoms with Gasteiger partial charge in [0, 0.05) is 0 Å². The summed E-state index contributed by atoms with van der Waals surface area (Å²) in [6, 6.07) is 0. The van der Waals surface area contributed by atoms with E-state index >= 15 is 0 Å². The lowest BCUT2D eigenvalue weighted by Crippen LogP contribution is -1.62. The van der Waals surface area contributed by atoms with Crippen LogP contribution in [0.25, 0.3) is 0 Å². The highest BCUT2D eigenvalue weighted by Crippen LogP contribution is 1.95. The molecule has 13 heavy (non-hydrogen) atoms. The first-order chi connectivity index (χ1) is 6.50. The molecule has 0 fully saturated rings. The highest BCUT2D eigenvalue weighted by atomic mass is 13.8. The second kappa shape index (κ2) is 7.35. The molecule has 0 spiro atoms. The van der Waals surface area contributed by atoms with E-state index in [1.165, 1.54) is 0 Å². The summed E-state index contributed by atoms with van der Waals surface area (Å²) in [6.07, 6.45) is 25.0. The maximum Gasteiger partial charge on any atom is -0.00915 e. The van der Waals surface area contributed by atoms with Crippen molar-refractivity contribution in [1.29, 1.82) is 0 Å². The fraction of sp³-hybridized carbons (Fsp3) is 0.231. The van der Waals surface area contributed by atoms with Crippen molar-refractivity contribution in [2.75, 3.05) is 0 Å². The summed E-state index contributed by atoms with van der Waals surface area (Å²) in [5, 5.41) is 0. The lowest BCUT2D eigenvalue weighted by molar-refractivity contribution is 1.05. The van der Waals surface area contributed by atoms with Crippen LogP contribution in [0.5, 0.6) is 0 Å². The van der Waals surface area contributed by atoms with Gasteiger partial charge in [-0.15, -0.1) is 0 Å². The van der Waals surface area contributed by atoms with Gasteiger partial charge in [0.25, 0.3) is 0 Å². The van der Waals surface area contributed by atoms with E-state index in [0.717, 1.165) is 19.3 Å². The van der Waals surface area contributed by atoms with Crippen molar-refractivity contribution in [2.45, 2.75) is 19.3 Å². The monoisotopic (exact) mass is 171 g/mol. The van der Waals surface area contributed by atoms with Gasteiger partial charge in [-0.2, -0.15) is 0 Å². The van der Waals surface area contributed by atoms with Crippen LogP contribution < -0.4 is 0 Å². The van der Waals surface area contributed by atoms with Crippen LogP contribution in [-0.4, -0.2) is 0 Å². The van der Waals surface area contributed by atoms with Crippen molar-refractivity contribution >= 4 is 0 Å². The van der Waals surface area contributed by atoms with E-state index in [0.29, 0.717) is 0 Å². The number of rotatable bonds is 0. The summed E-state index contributed by atoms with van der Waals surface area (Å²) in [5.74, 6) is 0. The number of hydrogen-bond donors (Lipinski definition) is 0. The summed E-state index contributed by atoms with van der Waals surface area (Å²) in [4.78, 5) is 0. The molecule has 0 saturated heterocycles. The largest absolute Gasteiger partial charge is 0.0842 e. The van der Waals surface area contributed by atoms with Crippen LogP contribution in [0, 0.1) is 6.08 Å². The molecule has 67 valence electrons. The smallest absolute Gasteiger partial charge is 0.00915 e. The normalized spacial score (nSPS) is 30.2. The van der Waals surface area contributed by atoms with Crippen LogP contribution in [0.3, 0.4) is 0 Å². The van der Waals surface area contributed by atoms with Crippen LogP contribution in [-0.2, 0) is 0 Å². The second-order valence-electron chi connectivity index (χ2n) is 2.82. The number of allylic oxidation sites excluding steroid dienone is 10. The Balaban J connectivity index is 2.49. The standard InChI is InChI=1S/C13H15/c1-2-4-6-8-10-12-13-11-9-7-5-3-1/h1-5,10-13H,6,8-9H2/b3-1-,4-2+,7-5?,12-10-,13-11+. The molecule has 0 bridgehead atoms. The van der Waals surface area contributed by atoms with E-state index in [-0.39, 0.29) is 0 Å². The van der Waals surface area contributed by atoms with Gasteiger partial charge < -0.3 is 0 Å². The fourth-order valence-corrected chi connectivity index (χ4v) is 1.01. The predicted molar refractivity (Wildman–Crippen MR) is 58.2 cm³/mol. The Morgan fingerprint density at radius 2 is 1.38 bits per heavy atom. The lowest BCUT2D eigenvalue weighted by atomic mass is 10.2. The molecule has 0 aromatic carbocycles. The van der Waals surface area contributed by atoms with Crippen molar-refractivity contribution in [3.8, 4) is 0 Å². The SMILES string of the molecule is [C]1=C/C=C\C=C\CC/C=C\C=C\C/1. The minimum atomic E-state index is 0.887. The van der Waals surface area contributed by atoms with Gasteiger partial charge in [0.2, 0.25) is 0 Å². The van der Waals surface area contributed by atoms with E-state index in [1.807, 2.05) is 18.2 Å². The van der Waals surface area contributed by atoms with Crippen LogP contribution >= 0.6 is 0 Å². The van der Waals surface area contributed by atoms with Gasteiger partial charge in [0.15, 0.2) is 0 Å². The van der Waals surface area contributed by atoms with Crippen LogP contribution in [0.15, 0.2) is 54.7 Å². The molecule has 0 aromatic heterocycles. The van der Waals surface area contributed by atoms with E-state index in [1.54, 1.807) is 0 Å². The molecule has 1 rings (SSSR count). The third-order valence-electron chi connectivity index (χ3n) is 1.69. The molecule has 0 heteroatoms. The quantitative estimate of drug-likeness (QED) is 0.520. The molecule has 0 amide bonds. The molecule has 1 radical (unpaired) electrons. The summed E-state index contributed by atoms with van der Waals surface area (Å²) in [5.41, 5.74) is 0. The first-order valence-corrected chi connectivity index (χ1v) is 4.70. The van der Waals surface area contributed by atoms with Gasteiger partial charge in [-0.1, -0.05) is 54.7 Å². The minimum absolute atomic E-state index is 0.887. The van der Waals surface area contributed by atoms with Crippen molar-refractivity contribution in [3.05, 3.63) is 60.8 Å². The molecule has 0 aliphatic heterocycles. The van der Waals surface area contributed by atoms with E-state index < -0.39 is 0 Å². The molecule has 0 N–H and O–H groups in total. The molecule has 0 unspecified atom stereocenters. The molecule has 1 aliphatic carbocycles. The summed E-state index contributed by atoms with van der Waals surface area (Å²) >= 11 is 0. The predicted octanol–water partition coefficient (Wildman–Crippen LogP) is 3.75. The van der Waals surface area contributed by atoms with Crippen molar-refractivity contribution < 1.29 is 0 Å². The summed E-state index contributed by atoms with van der Waals surface area (Å²) in [7, 11) is 0. The average molecular weight is 171 g/mol. The van der Waals surface area contributed by atoms with Crippen LogP contribution in [0.4, 0.5) is 0 Å². The zero-order valence-corrected chi connectivity index (χ0v) is 7.82. The first kappa shape index (κ1) is 9.79. The molecule has 0 atom stereocenters. The molecular weight excluding hydrogens is 156 g/mol. The van der Waals surface area contributed by atoms with Crippen molar-refractivity contribution in [3.63, 3.8) is 0 Å². The zero-order valence-electron chi connectivity index (χ0n) is 7.82. The Morgan fingerprint density at radius 3 is 2.23 bits per heavy atom. The van der Waals surface area contributed by atoms with Gasteiger partial charge in [-0.25, -0.2) is 0 Å². The van der Waals surface area contributed by atoms with Crippen LogP contribution in [0.2, 0.25) is 0 Å². The third-order valence-corrected chi connectivity index (χ3v) is 1.69. The summed E-state index contributed by atoms with van der Waals surface area (Å²) < 4.78 is 0. The van der Waals surface area contributed by atoms with Crippen molar-refractivity contribution in [1.82, 2.24) is 0 Å². The average Bonchev–Trinajstić information content (AvgIpc) is 2.18. The van der Waals surface area contributed by atoms with Crippen molar-refractivity contribution in [2.24, 2.45) is 0 Å². The van der Waals surface area contributed by atoms with E-state index in [4.69, 9.17) is 0 Å². The zero-order chi connectivity index (χ0) is 9.19. The molecule has 0 heterocycles. The maximum atomic E-state index is 3.16. The Bertz CT molecular complexity index is 249. The van der Waals surface area contributed by atoms with Gasteiger partial charge in [0.1, 0.15) is 0 Å².